The number of aliphatic hydroxyl groups excluding tert-OH is 1. The molecule has 0 aromatic rings. The van der Waals surface area contributed by atoms with Crippen molar-refractivity contribution in [1.82, 2.24) is 5.32 Å². The molecule has 2 bridgehead atoms. The first-order valence-corrected chi connectivity index (χ1v) is 8.61. The van der Waals surface area contributed by atoms with Crippen LogP contribution < -0.4 is 5.32 Å². The van der Waals surface area contributed by atoms with Gasteiger partial charge in [0.15, 0.2) is 0 Å². The van der Waals surface area contributed by atoms with Crippen LogP contribution in [0.15, 0.2) is 0 Å². The van der Waals surface area contributed by atoms with Gasteiger partial charge in [-0.2, -0.15) is 0 Å². The fraction of sp³-hybridized carbons (Fsp3) is 1.00. The van der Waals surface area contributed by atoms with Gasteiger partial charge in [-0.1, -0.05) is 20.8 Å². The lowest BCUT2D eigenvalue weighted by molar-refractivity contribution is -0.0548. The zero-order valence-corrected chi connectivity index (χ0v) is 14.8. The number of hydrogen-bond donors (Lipinski definition) is 2. The van der Waals surface area contributed by atoms with E-state index in [0.717, 1.165) is 12.3 Å². The standard InChI is InChI=1S/C18H35NO2/c1-16(2,3)19-12-14(20)8-10-21-15-11-13-7-9-18(15,6)17(13,4)5/h13-15,19-20H,7-12H2,1-6H3/t13-,14-,15+,18-/m0/s1. The molecule has 2 aliphatic carbocycles. The number of rotatable bonds is 6. The van der Waals surface area contributed by atoms with Gasteiger partial charge in [0.2, 0.25) is 0 Å². The average molecular weight is 297 g/mol. The maximum Gasteiger partial charge on any atom is 0.0686 e. The van der Waals surface area contributed by atoms with Gasteiger partial charge in [-0.3, -0.25) is 0 Å². The Morgan fingerprint density at radius 2 is 1.95 bits per heavy atom. The minimum atomic E-state index is -0.316. The van der Waals surface area contributed by atoms with Crippen LogP contribution in [0.2, 0.25) is 0 Å². The van der Waals surface area contributed by atoms with Crippen molar-refractivity contribution >= 4 is 0 Å². The molecule has 2 rings (SSSR count). The van der Waals surface area contributed by atoms with Crippen molar-refractivity contribution < 1.29 is 9.84 Å². The first kappa shape index (κ1) is 17.2. The molecule has 21 heavy (non-hydrogen) atoms. The van der Waals surface area contributed by atoms with E-state index >= 15 is 0 Å². The largest absolute Gasteiger partial charge is 0.392 e. The number of aliphatic hydroxyl groups is 1. The van der Waals surface area contributed by atoms with Crippen molar-refractivity contribution in [1.29, 1.82) is 0 Å². The predicted octanol–water partition coefficient (Wildman–Crippen LogP) is 3.36. The lowest BCUT2D eigenvalue weighted by Gasteiger charge is -2.39. The second kappa shape index (κ2) is 5.82. The molecule has 0 spiro atoms. The Morgan fingerprint density at radius 1 is 1.29 bits per heavy atom. The molecule has 0 saturated heterocycles. The quantitative estimate of drug-likeness (QED) is 0.790. The molecule has 0 radical (unpaired) electrons. The minimum Gasteiger partial charge on any atom is -0.392 e. The van der Waals surface area contributed by atoms with Crippen LogP contribution in [0.5, 0.6) is 0 Å². The van der Waals surface area contributed by atoms with E-state index in [0.29, 0.717) is 30.1 Å². The van der Waals surface area contributed by atoms with E-state index in [1.165, 1.54) is 19.3 Å². The first-order valence-electron chi connectivity index (χ1n) is 8.61. The van der Waals surface area contributed by atoms with E-state index in [-0.39, 0.29) is 11.6 Å². The van der Waals surface area contributed by atoms with Crippen LogP contribution in [-0.4, -0.2) is 36.0 Å². The maximum atomic E-state index is 10.0. The lowest BCUT2D eigenvalue weighted by atomic mass is 9.70. The second-order valence-corrected chi connectivity index (χ2v) is 9.04. The summed E-state index contributed by atoms with van der Waals surface area (Å²) >= 11 is 0. The molecule has 3 heteroatoms. The number of β-amino-alcohol motifs (C(OH)–C–C–N with tert-alkyl or cyclic N) is 1. The summed E-state index contributed by atoms with van der Waals surface area (Å²) in [5, 5.41) is 13.4. The van der Waals surface area contributed by atoms with Gasteiger partial charge in [0.25, 0.3) is 0 Å². The van der Waals surface area contributed by atoms with Gasteiger partial charge in [0.1, 0.15) is 0 Å². The Bertz CT molecular complexity index is 361. The van der Waals surface area contributed by atoms with Crippen molar-refractivity contribution in [2.24, 2.45) is 16.7 Å². The molecule has 0 unspecified atom stereocenters. The summed E-state index contributed by atoms with van der Waals surface area (Å²) in [6.45, 7) is 14.9. The number of fused-ring (bicyclic) bond motifs is 2. The molecule has 0 aromatic heterocycles. The third-order valence-corrected chi connectivity index (χ3v) is 6.35. The van der Waals surface area contributed by atoms with Gasteiger partial charge >= 0.3 is 0 Å². The molecular weight excluding hydrogens is 262 g/mol. The van der Waals surface area contributed by atoms with E-state index in [1.54, 1.807) is 0 Å². The summed E-state index contributed by atoms with van der Waals surface area (Å²) in [4.78, 5) is 0. The van der Waals surface area contributed by atoms with Crippen LogP contribution in [-0.2, 0) is 4.74 Å². The van der Waals surface area contributed by atoms with E-state index in [9.17, 15) is 5.11 Å². The highest BCUT2D eigenvalue weighted by molar-refractivity contribution is 5.11. The summed E-state index contributed by atoms with van der Waals surface area (Å²) < 4.78 is 6.19. The molecule has 0 heterocycles. The van der Waals surface area contributed by atoms with E-state index < -0.39 is 0 Å². The molecule has 2 aliphatic rings. The third kappa shape index (κ3) is 3.46. The summed E-state index contributed by atoms with van der Waals surface area (Å²) in [5.74, 6) is 0.819. The highest BCUT2D eigenvalue weighted by Crippen LogP contribution is 2.66. The SMILES string of the molecule is CC(C)(C)NC[C@@H](O)CCO[C@@H]1C[C@@H]2CC[C@]1(C)C2(C)C. The van der Waals surface area contributed by atoms with E-state index in [2.05, 4.69) is 46.9 Å². The van der Waals surface area contributed by atoms with Gasteiger partial charge < -0.3 is 15.2 Å². The monoisotopic (exact) mass is 297 g/mol. The summed E-state index contributed by atoms with van der Waals surface area (Å²) in [6.07, 6.45) is 4.66. The minimum absolute atomic E-state index is 0.0595. The third-order valence-electron chi connectivity index (χ3n) is 6.35. The highest BCUT2D eigenvalue weighted by Gasteiger charge is 2.61. The highest BCUT2D eigenvalue weighted by atomic mass is 16.5. The Labute approximate surface area is 130 Å². The fourth-order valence-corrected chi connectivity index (χ4v) is 4.25. The molecular formula is C18H35NO2. The molecule has 3 nitrogen and oxygen atoms in total. The van der Waals surface area contributed by atoms with Gasteiger partial charge in [-0.05, 0) is 63.2 Å². The van der Waals surface area contributed by atoms with Crippen molar-refractivity contribution in [2.45, 2.75) is 85.0 Å². The molecule has 0 aliphatic heterocycles. The van der Waals surface area contributed by atoms with Gasteiger partial charge in [0.05, 0.1) is 12.2 Å². The summed E-state index contributed by atoms with van der Waals surface area (Å²) in [7, 11) is 0. The van der Waals surface area contributed by atoms with Gasteiger partial charge in [-0.25, -0.2) is 0 Å². The van der Waals surface area contributed by atoms with Crippen LogP contribution >= 0.6 is 0 Å². The van der Waals surface area contributed by atoms with Crippen LogP contribution in [0.1, 0.15) is 67.2 Å². The fourth-order valence-electron chi connectivity index (χ4n) is 4.25. The normalized spacial score (nSPS) is 36.1. The van der Waals surface area contributed by atoms with Crippen molar-refractivity contribution in [3.8, 4) is 0 Å². The Hall–Kier alpha value is -0.120. The van der Waals surface area contributed by atoms with Crippen molar-refractivity contribution in [3.63, 3.8) is 0 Å². The molecule has 2 N–H and O–H groups in total. The summed E-state index contributed by atoms with van der Waals surface area (Å²) in [5.41, 5.74) is 0.792. The van der Waals surface area contributed by atoms with Crippen LogP contribution in [0.25, 0.3) is 0 Å². The van der Waals surface area contributed by atoms with Gasteiger partial charge in [0, 0.05) is 18.7 Å². The Morgan fingerprint density at radius 3 is 2.43 bits per heavy atom. The van der Waals surface area contributed by atoms with Gasteiger partial charge in [-0.15, -0.1) is 0 Å². The molecule has 4 atom stereocenters. The zero-order chi connectivity index (χ0) is 15.9. The molecule has 2 saturated carbocycles. The van der Waals surface area contributed by atoms with Crippen LogP contribution in [0.4, 0.5) is 0 Å². The second-order valence-electron chi connectivity index (χ2n) is 9.04. The Kier molecular flexibility index (Phi) is 4.78. The number of hydrogen-bond acceptors (Lipinski definition) is 3. The Balaban J connectivity index is 1.73. The number of ether oxygens (including phenoxy) is 1. The molecule has 0 amide bonds. The van der Waals surface area contributed by atoms with Crippen LogP contribution in [0, 0.1) is 16.7 Å². The van der Waals surface area contributed by atoms with Crippen molar-refractivity contribution in [2.75, 3.05) is 13.2 Å². The first-order chi connectivity index (χ1) is 9.56. The van der Waals surface area contributed by atoms with E-state index in [4.69, 9.17) is 4.74 Å². The molecule has 124 valence electrons. The maximum absolute atomic E-state index is 10.0. The topological polar surface area (TPSA) is 41.5 Å². The summed E-state index contributed by atoms with van der Waals surface area (Å²) in [6, 6.07) is 0. The number of nitrogens with one attached hydrogen (secondary N) is 1. The molecule has 0 aromatic carbocycles. The molecule has 2 fully saturated rings. The predicted molar refractivity (Wildman–Crippen MR) is 87.3 cm³/mol. The zero-order valence-electron chi connectivity index (χ0n) is 14.8. The van der Waals surface area contributed by atoms with Crippen molar-refractivity contribution in [3.05, 3.63) is 0 Å². The smallest absolute Gasteiger partial charge is 0.0686 e. The average Bonchev–Trinajstić information content (AvgIpc) is 2.68. The van der Waals surface area contributed by atoms with E-state index in [1.807, 2.05) is 0 Å². The lowest BCUT2D eigenvalue weighted by Crippen LogP contribution is -2.41. The van der Waals surface area contributed by atoms with Crippen LogP contribution in [0.3, 0.4) is 0 Å².